The van der Waals surface area contributed by atoms with E-state index in [1.165, 1.54) is 11.9 Å². The standard InChI is InChI=1S/C14H15N5/c1-11-8-13(19-14(17-11)15-10-16-19)18(2)9-12-6-4-3-5-7-12/h3-8,10H,9H2,1-2H3. The lowest BCUT2D eigenvalue weighted by Gasteiger charge is -2.20. The highest BCUT2D eigenvalue weighted by molar-refractivity contribution is 5.47. The van der Waals surface area contributed by atoms with Gasteiger partial charge in [0.2, 0.25) is 0 Å². The largest absolute Gasteiger partial charge is 0.355 e. The lowest BCUT2D eigenvalue weighted by molar-refractivity contribution is 0.827. The second-order valence-corrected chi connectivity index (χ2v) is 4.57. The van der Waals surface area contributed by atoms with Crippen LogP contribution in [-0.4, -0.2) is 26.6 Å². The Morgan fingerprint density at radius 2 is 2.00 bits per heavy atom. The molecule has 0 aliphatic heterocycles. The zero-order valence-electron chi connectivity index (χ0n) is 11.0. The molecule has 0 saturated carbocycles. The molecular weight excluding hydrogens is 238 g/mol. The first-order valence-electron chi connectivity index (χ1n) is 6.16. The van der Waals surface area contributed by atoms with Gasteiger partial charge in [-0.15, -0.1) is 0 Å². The van der Waals surface area contributed by atoms with Crippen LogP contribution < -0.4 is 4.90 Å². The van der Waals surface area contributed by atoms with Gasteiger partial charge in [-0.1, -0.05) is 30.3 Å². The van der Waals surface area contributed by atoms with Gasteiger partial charge in [-0.05, 0) is 12.5 Å². The summed E-state index contributed by atoms with van der Waals surface area (Å²) in [5.41, 5.74) is 2.20. The number of benzene rings is 1. The molecule has 1 aromatic carbocycles. The minimum Gasteiger partial charge on any atom is -0.355 e. The Morgan fingerprint density at radius 3 is 2.79 bits per heavy atom. The highest BCUT2D eigenvalue weighted by Gasteiger charge is 2.10. The number of anilines is 1. The van der Waals surface area contributed by atoms with Crippen LogP contribution in [0, 0.1) is 6.92 Å². The summed E-state index contributed by atoms with van der Waals surface area (Å²) >= 11 is 0. The van der Waals surface area contributed by atoms with Gasteiger partial charge in [-0.25, -0.2) is 4.98 Å². The summed E-state index contributed by atoms with van der Waals surface area (Å²) in [6, 6.07) is 12.4. The van der Waals surface area contributed by atoms with E-state index in [1.54, 1.807) is 4.52 Å². The van der Waals surface area contributed by atoms with Crippen LogP contribution in [0.3, 0.4) is 0 Å². The zero-order valence-corrected chi connectivity index (χ0v) is 11.0. The predicted octanol–water partition coefficient (Wildman–Crippen LogP) is 2.07. The molecule has 0 radical (unpaired) electrons. The van der Waals surface area contributed by atoms with Crippen molar-refractivity contribution < 1.29 is 0 Å². The second kappa shape index (κ2) is 4.68. The molecule has 2 heterocycles. The Labute approximate surface area is 111 Å². The smallest absolute Gasteiger partial charge is 0.254 e. The number of hydrogen-bond acceptors (Lipinski definition) is 4. The predicted molar refractivity (Wildman–Crippen MR) is 74.1 cm³/mol. The number of aromatic nitrogens is 4. The number of rotatable bonds is 3. The molecule has 0 aliphatic carbocycles. The Morgan fingerprint density at radius 1 is 1.21 bits per heavy atom. The molecule has 0 unspecified atom stereocenters. The highest BCUT2D eigenvalue weighted by Crippen LogP contribution is 2.16. The average molecular weight is 253 g/mol. The average Bonchev–Trinajstić information content (AvgIpc) is 2.86. The molecule has 0 atom stereocenters. The minimum absolute atomic E-state index is 0.634. The zero-order chi connectivity index (χ0) is 13.2. The maximum atomic E-state index is 4.35. The van der Waals surface area contributed by atoms with Gasteiger partial charge in [0.05, 0.1) is 0 Å². The van der Waals surface area contributed by atoms with Crippen LogP contribution in [0.25, 0.3) is 5.78 Å². The summed E-state index contributed by atoms with van der Waals surface area (Å²) in [6.07, 6.45) is 1.53. The molecule has 0 N–H and O–H groups in total. The summed E-state index contributed by atoms with van der Waals surface area (Å²) in [5.74, 6) is 1.62. The number of hydrogen-bond donors (Lipinski definition) is 0. The third-order valence-electron chi connectivity index (χ3n) is 3.01. The van der Waals surface area contributed by atoms with E-state index in [4.69, 9.17) is 0 Å². The van der Waals surface area contributed by atoms with Crippen molar-refractivity contribution in [2.24, 2.45) is 0 Å². The fraction of sp³-hybridized carbons (Fsp3) is 0.214. The molecule has 5 nitrogen and oxygen atoms in total. The first-order chi connectivity index (χ1) is 9.24. The van der Waals surface area contributed by atoms with Crippen molar-refractivity contribution in [3.8, 4) is 0 Å². The number of fused-ring (bicyclic) bond motifs is 1. The van der Waals surface area contributed by atoms with E-state index < -0.39 is 0 Å². The molecule has 2 aromatic heterocycles. The molecule has 96 valence electrons. The van der Waals surface area contributed by atoms with Gasteiger partial charge in [0.25, 0.3) is 5.78 Å². The molecule has 3 aromatic rings. The van der Waals surface area contributed by atoms with Crippen molar-refractivity contribution >= 4 is 11.6 Å². The van der Waals surface area contributed by atoms with Crippen LogP contribution in [0.2, 0.25) is 0 Å². The van der Waals surface area contributed by atoms with Gasteiger partial charge in [-0.2, -0.15) is 14.6 Å². The van der Waals surface area contributed by atoms with Crippen molar-refractivity contribution in [3.05, 3.63) is 54.0 Å². The molecule has 0 amide bonds. The molecule has 19 heavy (non-hydrogen) atoms. The van der Waals surface area contributed by atoms with E-state index in [0.29, 0.717) is 5.78 Å². The topological polar surface area (TPSA) is 46.3 Å². The first kappa shape index (κ1) is 11.6. The summed E-state index contributed by atoms with van der Waals surface area (Å²) in [6.45, 7) is 2.79. The fourth-order valence-electron chi connectivity index (χ4n) is 2.12. The first-order valence-corrected chi connectivity index (χ1v) is 6.16. The lowest BCUT2D eigenvalue weighted by Crippen LogP contribution is -2.20. The number of nitrogens with zero attached hydrogens (tertiary/aromatic N) is 5. The maximum absolute atomic E-state index is 4.35. The molecule has 0 spiro atoms. The van der Waals surface area contributed by atoms with Crippen LogP contribution in [0.5, 0.6) is 0 Å². The molecule has 0 bridgehead atoms. The fourth-order valence-corrected chi connectivity index (χ4v) is 2.12. The third-order valence-corrected chi connectivity index (χ3v) is 3.01. The van der Waals surface area contributed by atoms with Crippen LogP contribution in [0.1, 0.15) is 11.3 Å². The SMILES string of the molecule is Cc1cc(N(C)Cc2ccccc2)n2ncnc2n1. The van der Waals surface area contributed by atoms with Gasteiger partial charge >= 0.3 is 0 Å². The van der Waals surface area contributed by atoms with Crippen LogP contribution >= 0.6 is 0 Å². The molecule has 0 fully saturated rings. The maximum Gasteiger partial charge on any atom is 0.254 e. The molecule has 0 aliphatic rings. The molecular formula is C14H15N5. The summed E-state index contributed by atoms with van der Waals surface area (Å²) in [5, 5.41) is 4.22. The second-order valence-electron chi connectivity index (χ2n) is 4.57. The number of aryl methyl sites for hydroxylation is 1. The van der Waals surface area contributed by atoms with Crippen molar-refractivity contribution in [2.45, 2.75) is 13.5 Å². The third kappa shape index (κ3) is 2.27. The van der Waals surface area contributed by atoms with Gasteiger partial charge in [-0.3, -0.25) is 0 Å². The summed E-state index contributed by atoms with van der Waals surface area (Å²) < 4.78 is 1.76. The Hall–Kier alpha value is -2.43. The highest BCUT2D eigenvalue weighted by atomic mass is 15.4. The summed E-state index contributed by atoms with van der Waals surface area (Å²) in [7, 11) is 2.04. The van der Waals surface area contributed by atoms with Gasteiger partial charge in [0.15, 0.2) is 0 Å². The van der Waals surface area contributed by atoms with E-state index in [0.717, 1.165) is 18.1 Å². The van der Waals surface area contributed by atoms with Gasteiger partial charge in [0.1, 0.15) is 12.1 Å². The lowest BCUT2D eigenvalue weighted by atomic mass is 10.2. The van der Waals surface area contributed by atoms with Crippen molar-refractivity contribution in [3.63, 3.8) is 0 Å². The van der Waals surface area contributed by atoms with E-state index in [1.807, 2.05) is 38.2 Å². The summed E-state index contributed by atoms with van der Waals surface area (Å²) in [4.78, 5) is 10.6. The van der Waals surface area contributed by atoms with Crippen molar-refractivity contribution in [1.29, 1.82) is 0 Å². The monoisotopic (exact) mass is 253 g/mol. The van der Waals surface area contributed by atoms with Crippen LogP contribution in [-0.2, 0) is 6.54 Å². The molecule has 5 heteroatoms. The van der Waals surface area contributed by atoms with E-state index in [-0.39, 0.29) is 0 Å². The van der Waals surface area contributed by atoms with Crippen molar-refractivity contribution in [1.82, 2.24) is 19.6 Å². The normalized spacial score (nSPS) is 10.8. The molecule has 3 rings (SSSR count). The van der Waals surface area contributed by atoms with Gasteiger partial charge in [0, 0.05) is 25.4 Å². The molecule has 0 saturated heterocycles. The van der Waals surface area contributed by atoms with E-state index in [2.05, 4.69) is 32.1 Å². The van der Waals surface area contributed by atoms with Gasteiger partial charge < -0.3 is 4.90 Å². The van der Waals surface area contributed by atoms with Crippen LogP contribution in [0.4, 0.5) is 5.82 Å². The van der Waals surface area contributed by atoms with E-state index >= 15 is 0 Å². The Bertz CT molecular complexity index is 689. The quantitative estimate of drug-likeness (QED) is 0.717. The Kier molecular flexibility index (Phi) is 2.87. The van der Waals surface area contributed by atoms with Crippen molar-refractivity contribution in [2.75, 3.05) is 11.9 Å². The minimum atomic E-state index is 0.634. The van der Waals surface area contributed by atoms with Crippen LogP contribution in [0.15, 0.2) is 42.7 Å². The Balaban J connectivity index is 1.97. The van der Waals surface area contributed by atoms with E-state index in [9.17, 15) is 0 Å².